The summed E-state index contributed by atoms with van der Waals surface area (Å²) >= 11 is 0. The van der Waals surface area contributed by atoms with Gasteiger partial charge in [0.1, 0.15) is 5.60 Å². The number of amides is 1. The molecule has 0 fully saturated rings. The van der Waals surface area contributed by atoms with E-state index in [-0.39, 0.29) is 6.09 Å². The van der Waals surface area contributed by atoms with Crippen LogP contribution in [0.2, 0.25) is 0 Å². The molecule has 2 rings (SSSR count). The topological polar surface area (TPSA) is 72.3 Å². The van der Waals surface area contributed by atoms with E-state index >= 15 is 0 Å². The second-order valence-electron chi connectivity index (χ2n) is 5.24. The van der Waals surface area contributed by atoms with E-state index < -0.39 is 5.60 Å². The zero-order valence-electron chi connectivity index (χ0n) is 11.2. The highest BCUT2D eigenvalue weighted by atomic mass is 16.6. The first-order valence-corrected chi connectivity index (χ1v) is 5.98. The number of aromatic nitrogens is 3. The molecule has 7 nitrogen and oxygen atoms in total. The Morgan fingerprint density at radius 2 is 2.06 bits per heavy atom. The summed E-state index contributed by atoms with van der Waals surface area (Å²) in [6, 6.07) is 0. The van der Waals surface area contributed by atoms with Crippen LogP contribution in [0, 0.1) is 0 Å². The van der Waals surface area contributed by atoms with Gasteiger partial charge in [-0.1, -0.05) is 0 Å². The van der Waals surface area contributed by atoms with Crippen LogP contribution < -0.4 is 5.32 Å². The van der Waals surface area contributed by atoms with Crippen molar-refractivity contribution in [3.8, 4) is 0 Å². The van der Waals surface area contributed by atoms with Gasteiger partial charge in [-0.3, -0.25) is 9.47 Å². The van der Waals surface area contributed by atoms with Gasteiger partial charge in [0.25, 0.3) is 0 Å². The molecule has 1 amide bonds. The van der Waals surface area contributed by atoms with E-state index in [2.05, 4.69) is 15.5 Å². The summed E-state index contributed by atoms with van der Waals surface area (Å²) < 4.78 is 7.31. The number of anilines is 1. The monoisotopic (exact) mass is 253 g/mol. The van der Waals surface area contributed by atoms with Gasteiger partial charge in [0.05, 0.1) is 6.54 Å². The standard InChI is InChI=1S/C11H19N5O2/c1-11(2,3)18-10(17)15-5-6-16-8(7-15)13-14-9(16)12-4/h5-7H2,1-4H3,(H,12,14). The number of nitrogens with zero attached hydrogens (tertiary/aromatic N) is 4. The lowest BCUT2D eigenvalue weighted by Crippen LogP contribution is -2.41. The number of carbonyl (C=O) groups is 1. The van der Waals surface area contributed by atoms with Crippen molar-refractivity contribution in [1.82, 2.24) is 19.7 Å². The molecule has 0 aromatic carbocycles. The molecule has 2 heterocycles. The quantitative estimate of drug-likeness (QED) is 0.810. The van der Waals surface area contributed by atoms with Crippen LogP contribution in [0.25, 0.3) is 0 Å². The van der Waals surface area contributed by atoms with Crippen LogP contribution in [0.5, 0.6) is 0 Å². The molecule has 100 valence electrons. The minimum Gasteiger partial charge on any atom is -0.444 e. The summed E-state index contributed by atoms with van der Waals surface area (Å²) in [4.78, 5) is 13.6. The van der Waals surface area contributed by atoms with Crippen LogP contribution in [0.1, 0.15) is 26.6 Å². The van der Waals surface area contributed by atoms with Crippen molar-refractivity contribution in [1.29, 1.82) is 0 Å². The van der Waals surface area contributed by atoms with Gasteiger partial charge in [0.2, 0.25) is 5.95 Å². The van der Waals surface area contributed by atoms with Crippen molar-refractivity contribution in [3.05, 3.63) is 5.82 Å². The van der Waals surface area contributed by atoms with Gasteiger partial charge in [-0.2, -0.15) is 0 Å². The van der Waals surface area contributed by atoms with Crippen LogP contribution in [0.15, 0.2) is 0 Å². The van der Waals surface area contributed by atoms with Crippen LogP contribution in [-0.2, 0) is 17.8 Å². The minimum atomic E-state index is -0.474. The van der Waals surface area contributed by atoms with Gasteiger partial charge in [0.15, 0.2) is 5.82 Å². The van der Waals surface area contributed by atoms with E-state index in [9.17, 15) is 4.79 Å². The molecule has 0 aliphatic carbocycles. The lowest BCUT2D eigenvalue weighted by molar-refractivity contribution is 0.0196. The lowest BCUT2D eigenvalue weighted by Gasteiger charge is -2.30. The highest BCUT2D eigenvalue weighted by Crippen LogP contribution is 2.17. The van der Waals surface area contributed by atoms with Gasteiger partial charge >= 0.3 is 6.09 Å². The molecule has 1 aliphatic rings. The minimum absolute atomic E-state index is 0.303. The first kappa shape index (κ1) is 12.7. The molecule has 0 atom stereocenters. The lowest BCUT2D eigenvalue weighted by atomic mass is 10.2. The Bertz CT molecular complexity index is 449. The Labute approximate surface area is 106 Å². The number of carbonyl (C=O) groups excluding carboxylic acids is 1. The maximum atomic E-state index is 11.9. The number of rotatable bonds is 1. The Morgan fingerprint density at radius 3 is 2.67 bits per heavy atom. The molecule has 0 saturated carbocycles. The van der Waals surface area contributed by atoms with Gasteiger partial charge < -0.3 is 10.1 Å². The van der Waals surface area contributed by atoms with Crippen LogP contribution in [0.3, 0.4) is 0 Å². The maximum absolute atomic E-state index is 11.9. The third-order valence-electron chi connectivity index (χ3n) is 2.63. The summed E-state index contributed by atoms with van der Waals surface area (Å²) in [6.07, 6.45) is -0.303. The van der Waals surface area contributed by atoms with Crippen LogP contribution >= 0.6 is 0 Å². The summed E-state index contributed by atoms with van der Waals surface area (Å²) in [7, 11) is 1.80. The highest BCUT2D eigenvalue weighted by Gasteiger charge is 2.27. The van der Waals surface area contributed by atoms with E-state index in [4.69, 9.17) is 4.74 Å². The molecule has 0 bridgehead atoms. The van der Waals surface area contributed by atoms with Crippen LogP contribution in [0.4, 0.5) is 10.7 Å². The number of nitrogens with one attached hydrogen (secondary N) is 1. The molecular formula is C11H19N5O2. The fraction of sp³-hybridized carbons (Fsp3) is 0.727. The molecule has 0 saturated heterocycles. The second kappa shape index (κ2) is 4.47. The molecule has 0 spiro atoms. The van der Waals surface area contributed by atoms with Crippen molar-refractivity contribution < 1.29 is 9.53 Å². The molecule has 1 aromatic rings. The third kappa shape index (κ3) is 2.55. The van der Waals surface area contributed by atoms with Crippen LogP contribution in [-0.4, -0.2) is 45.0 Å². The predicted molar refractivity (Wildman–Crippen MR) is 66.2 cm³/mol. The van der Waals surface area contributed by atoms with E-state index in [0.717, 1.165) is 11.8 Å². The molecule has 1 N–H and O–H groups in total. The van der Waals surface area contributed by atoms with Gasteiger partial charge in [0, 0.05) is 20.1 Å². The Hall–Kier alpha value is -1.79. The number of hydrogen-bond acceptors (Lipinski definition) is 5. The summed E-state index contributed by atoms with van der Waals surface area (Å²) in [5, 5.41) is 11.0. The van der Waals surface area contributed by atoms with E-state index in [0.29, 0.717) is 19.6 Å². The molecule has 1 aromatic heterocycles. The third-order valence-corrected chi connectivity index (χ3v) is 2.63. The first-order valence-electron chi connectivity index (χ1n) is 5.98. The first-order chi connectivity index (χ1) is 8.40. The fourth-order valence-electron chi connectivity index (χ4n) is 1.82. The van der Waals surface area contributed by atoms with E-state index in [1.165, 1.54) is 0 Å². The Kier molecular flexibility index (Phi) is 3.14. The van der Waals surface area contributed by atoms with E-state index in [1.54, 1.807) is 11.9 Å². The number of fused-ring (bicyclic) bond motifs is 1. The summed E-state index contributed by atoms with van der Waals surface area (Å²) in [5.41, 5.74) is -0.474. The van der Waals surface area contributed by atoms with Gasteiger partial charge in [-0.15, -0.1) is 10.2 Å². The van der Waals surface area contributed by atoms with Crippen molar-refractivity contribution in [2.75, 3.05) is 18.9 Å². The van der Waals surface area contributed by atoms with Crippen molar-refractivity contribution in [2.24, 2.45) is 0 Å². The molecule has 7 heteroatoms. The van der Waals surface area contributed by atoms with Crippen molar-refractivity contribution >= 4 is 12.0 Å². The zero-order valence-corrected chi connectivity index (χ0v) is 11.2. The maximum Gasteiger partial charge on any atom is 0.410 e. The summed E-state index contributed by atoms with van der Waals surface area (Å²) in [5.74, 6) is 1.50. The second-order valence-corrected chi connectivity index (χ2v) is 5.24. The molecule has 0 unspecified atom stereocenters. The number of ether oxygens (including phenoxy) is 1. The molecule has 1 aliphatic heterocycles. The van der Waals surface area contributed by atoms with Gasteiger partial charge in [-0.05, 0) is 20.8 Å². The van der Waals surface area contributed by atoms with Crippen molar-refractivity contribution in [3.63, 3.8) is 0 Å². The SMILES string of the molecule is CNc1nnc2n1CCN(C(=O)OC(C)(C)C)C2. The fourth-order valence-corrected chi connectivity index (χ4v) is 1.82. The summed E-state index contributed by atoms with van der Waals surface area (Å²) in [6.45, 7) is 7.29. The average molecular weight is 253 g/mol. The predicted octanol–water partition coefficient (Wildman–Crippen LogP) is 1.07. The normalized spacial score (nSPS) is 15.2. The molecular weight excluding hydrogens is 234 g/mol. The number of hydrogen-bond donors (Lipinski definition) is 1. The average Bonchev–Trinajstić information content (AvgIpc) is 2.68. The molecule has 18 heavy (non-hydrogen) atoms. The Balaban J connectivity index is 2.06. The van der Waals surface area contributed by atoms with Gasteiger partial charge in [-0.25, -0.2) is 4.79 Å². The zero-order chi connectivity index (χ0) is 13.3. The van der Waals surface area contributed by atoms with E-state index in [1.807, 2.05) is 25.3 Å². The smallest absolute Gasteiger partial charge is 0.410 e. The Morgan fingerprint density at radius 1 is 1.33 bits per heavy atom. The molecule has 0 radical (unpaired) electrons. The van der Waals surface area contributed by atoms with Crippen molar-refractivity contribution in [2.45, 2.75) is 39.5 Å². The largest absolute Gasteiger partial charge is 0.444 e. The highest BCUT2D eigenvalue weighted by molar-refractivity contribution is 5.68.